The number of thiazole rings is 1. The Labute approximate surface area is 160 Å². The molecule has 0 radical (unpaired) electrons. The van der Waals surface area contributed by atoms with E-state index in [0.29, 0.717) is 23.2 Å². The van der Waals surface area contributed by atoms with Gasteiger partial charge in [0.2, 0.25) is 5.91 Å². The molecule has 4 nitrogen and oxygen atoms in total. The van der Waals surface area contributed by atoms with Gasteiger partial charge in [0.05, 0.1) is 5.01 Å². The molecule has 3 heterocycles. The Balaban J connectivity index is 0.00000104. The van der Waals surface area contributed by atoms with Crippen LogP contribution in [0.4, 0.5) is 0 Å². The van der Waals surface area contributed by atoms with Gasteiger partial charge in [0, 0.05) is 36.0 Å². The van der Waals surface area contributed by atoms with Gasteiger partial charge in [0.1, 0.15) is 0 Å². The lowest BCUT2D eigenvalue weighted by Gasteiger charge is -2.33. The third kappa shape index (κ3) is 3.74. The van der Waals surface area contributed by atoms with Crippen LogP contribution in [0.1, 0.15) is 48.7 Å². The molecule has 2 unspecified atom stereocenters. The van der Waals surface area contributed by atoms with Crippen LogP contribution in [-0.2, 0) is 4.79 Å². The molecule has 0 bridgehead atoms. The summed E-state index contributed by atoms with van der Waals surface area (Å²) in [6.45, 7) is 6.06. The molecule has 24 heavy (non-hydrogen) atoms. The maximum Gasteiger partial charge on any atom is 0.226 e. The van der Waals surface area contributed by atoms with Crippen molar-refractivity contribution < 1.29 is 4.79 Å². The molecule has 1 aromatic rings. The number of hydrogen-bond donors (Lipinski definition) is 1. The maximum atomic E-state index is 12.9. The zero-order valence-electron chi connectivity index (χ0n) is 14.1. The molecule has 3 fully saturated rings. The van der Waals surface area contributed by atoms with E-state index in [9.17, 15) is 4.79 Å². The first-order valence-electron chi connectivity index (χ1n) is 8.59. The molecular weight excluding hydrogens is 365 g/mol. The number of nitrogens with one attached hydrogen (secondary N) is 1. The van der Waals surface area contributed by atoms with Crippen LogP contribution in [-0.4, -0.2) is 42.0 Å². The average Bonchev–Trinajstić information content (AvgIpc) is 3.04. The minimum Gasteiger partial charge on any atom is -0.342 e. The number of aryl methyl sites for hydroxylation is 1. The number of rotatable bonds is 2. The highest BCUT2D eigenvalue weighted by Gasteiger charge is 2.58. The van der Waals surface area contributed by atoms with Gasteiger partial charge in [-0.15, -0.1) is 36.2 Å². The molecule has 1 aliphatic carbocycles. The second kappa shape index (κ2) is 7.90. The number of amides is 1. The first-order chi connectivity index (χ1) is 10.7. The summed E-state index contributed by atoms with van der Waals surface area (Å²) in [4.78, 5) is 19.7. The van der Waals surface area contributed by atoms with Crippen LogP contribution in [0, 0.1) is 18.3 Å². The Bertz CT molecular complexity index is 574. The van der Waals surface area contributed by atoms with Gasteiger partial charge in [-0.1, -0.05) is 0 Å². The van der Waals surface area contributed by atoms with Crippen molar-refractivity contribution in [2.75, 3.05) is 26.2 Å². The SMILES string of the molecule is Cc1csc(C2CCCN(C(=O)C3CC34CCNCC4)C2)n1.Cl.Cl. The van der Waals surface area contributed by atoms with Gasteiger partial charge < -0.3 is 10.2 Å². The summed E-state index contributed by atoms with van der Waals surface area (Å²) in [5.74, 6) is 1.20. The molecule has 1 amide bonds. The zero-order valence-corrected chi connectivity index (χ0v) is 16.6. The van der Waals surface area contributed by atoms with Crippen LogP contribution in [0.3, 0.4) is 0 Å². The summed E-state index contributed by atoms with van der Waals surface area (Å²) in [6.07, 6.45) is 5.80. The molecule has 7 heteroatoms. The van der Waals surface area contributed by atoms with Crippen LogP contribution < -0.4 is 5.32 Å². The molecule has 2 atom stereocenters. The van der Waals surface area contributed by atoms with Crippen molar-refractivity contribution >= 4 is 42.1 Å². The summed E-state index contributed by atoms with van der Waals surface area (Å²) >= 11 is 1.76. The van der Waals surface area contributed by atoms with E-state index in [0.717, 1.165) is 44.7 Å². The summed E-state index contributed by atoms with van der Waals surface area (Å²) in [6, 6.07) is 0. The molecule has 136 valence electrons. The predicted molar refractivity (Wildman–Crippen MR) is 103 cm³/mol. The van der Waals surface area contributed by atoms with E-state index in [1.54, 1.807) is 11.3 Å². The van der Waals surface area contributed by atoms with Gasteiger partial charge in [0.15, 0.2) is 0 Å². The standard InChI is InChI=1S/C17H25N3OS.2ClH/c1-12-11-22-15(19-12)13-3-2-8-20(10-13)16(21)14-9-17(14)4-6-18-7-5-17;;/h11,13-14,18H,2-10H2,1H3;2*1H. The van der Waals surface area contributed by atoms with Crippen molar-refractivity contribution in [2.45, 2.75) is 44.9 Å². The number of aromatic nitrogens is 1. The number of carbonyl (C=O) groups is 1. The van der Waals surface area contributed by atoms with Crippen LogP contribution in [0.5, 0.6) is 0 Å². The lowest BCUT2D eigenvalue weighted by atomic mass is 9.91. The maximum absolute atomic E-state index is 12.9. The quantitative estimate of drug-likeness (QED) is 0.839. The van der Waals surface area contributed by atoms with Crippen molar-refractivity contribution in [3.05, 3.63) is 16.1 Å². The van der Waals surface area contributed by atoms with E-state index in [2.05, 4.69) is 27.5 Å². The highest BCUT2D eigenvalue weighted by molar-refractivity contribution is 7.09. The van der Waals surface area contributed by atoms with Gasteiger partial charge in [-0.2, -0.15) is 0 Å². The van der Waals surface area contributed by atoms with E-state index in [-0.39, 0.29) is 24.8 Å². The minimum atomic E-state index is 0. The first-order valence-corrected chi connectivity index (χ1v) is 9.47. The molecule has 2 saturated heterocycles. The Hall–Kier alpha value is -0.360. The fourth-order valence-electron chi connectivity index (χ4n) is 4.33. The fourth-order valence-corrected chi connectivity index (χ4v) is 5.26. The van der Waals surface area contributed by atoms with Crippen molar-refractivity contribution in [3.63, 3.8) is 0 Å². The largest absolute Gasteiger partial charge is 0.342 e. The van der Waals surface area contributed by atoms with E-state index in [1.165, 1.54) is 24.3 Å². The molecule has 1 spiro atoms. The van der Waals surface area contributed by atoms with E-state index in [1.807, 2.05) is 0 Å². The number of halogens is 2. The third-order valence-corrected chi connectivity index (χ3v) is 6.93. The second-order valence-corrected chi connectivity index (χ2v) is 8.21. The van der Waals surface area contributed by atoms with Gasteiger partial charge in [-0.25, -0.2) is 4.98 Å². The van der Waals surface area contributed by atoms with E-state index < -0.39 is 0 Å². The summed E-state index contributed by atoms with van der Waals surface area (Å²) in [7, 11) is 0. The monoisotopic (exact) mass is 391 g/mol. The molecule has 1 aromatic heterocycles. The molecule has 4 rings (SSSR count). The fraction of sp³-hybridized carbons (Fsp3) is 0.765. The van der Waals surface area contributed by atoms with Crippen molar-refractivity contribution in [1.82, 2.24) is 15.2 Å². The van der Waals surface area contributed by atoms with Gasteiger partial charge in [-0.05, 0) is 57.5 Å². The van der Waals surface area contributed by atoms with Crippen LogP contribution in [0.2, 0.25) is 0 Å². The summed E-state index contributed by atoms with van der Waals surface area (Å²) in [5.41, 5.74) is 1.46. The summed E-state index contributed by atoms with van der Waals surface area (Å²) < 4.78 is 0. The molecule has 0 aromatic carbocycles. The van der Waals surface area contributed by atoms with Crippen molar-refractivity contribution in [1.29, 1.82) is 0 Å². The number of carbonyl (C=O) groups excluding carboxylic acids is 1. The molecule has 3 aliphatic rings. The smallest absolute Gasteiger partial charge is 0.226 e. The van der Waals surface area contributed by atoms with Gasteiger partial charge in [-0.3, -0.25) is 4.79 Å². The lowest BCUT2D eigenvalue weighted by molar-refractivity contribution is -0.134. The normalized spacial score (nSPS) is 28.0. The van der Waals surface area contributed by atoms with Crippen LogP contribution >= 0.6 is 36.2 Å². The Morgan fingerprint density at radius 1 is 1.38 bits per heavy atom. The summed E-state index contributed by atoms with van der Waals surface area (Å²) in [5, 5.41) is 6.77. The Morgan fingerprint density at radius 2 is 2.12 bits per heavy atom. The Kier molecular flexibility index (Phi) is 6.57. The molecule has 1 saturated carbocycles. The Morgan fingerprint density at radius 3 is 2.79 bits per heavy atom. The number of likely N-dealkylation sites (tertiary alicyclic amines) is 1. The van der Waals surface area contributed by atoms with Crippen molar-refractivity contribution in [2.24, 2.45) is 11.3 Å². The lowest BCUT2D eigenvalue weighted by Crippen LogP contribution is -2.41. The molecule has 2 aliphatic heterocycles. The van der Waals surface area contributed by atoms with Gasteiger partial charge >= 0.3 is 0 Å². The second-order valence-electron chi connectivity index (χ2n) is 7.32. The van der Waals surface area contributed by atoms with Crippen LogP contribution in [0.15, 0.2) is 5.38 Å². The zero-order chi connectivity index (χ0) is 15.2. The van der Waals surface area contributed by atoms with E-state index in [4.69, 9.17) is 0 Å². The van der Waals surface area contributed by atoms with Crippen molar-refractivity contribution in [3.8, 4) is 0 Å². The number of hydrogen-bond acceptors (Lipinski definition) is 4. The average molecular weight is 392 g/mol. The van der Waals surface area contributed by atoms with E-state index >= 15 is 0 Å². The number of nitrogens with zero attached hydrogens (tertiary/aromatic N) is 2. The van der Waals surface area contributed by atoms with Crippen LogP contribution in [0.25, 0.3) is 0 Å². The molecular formula is C17H27Cl2N3OS. The first kappa shape index (κ1) is 20.0. The molecule has 1 N–H and O–H groups in total. The highest BCUT2D eigenvalue weighted by Crippen LogP contribution is 2.59. The highest BCUT2D eigenvalue weighted by atomic mass is 35.5. The number of piperidine rings is 2. The minimum absolute atomic E-state index is 0. The third-order valence-electron chi connectivity index (χ3n) is 5.81. The predicted octanol–water partition coefficient (Wildman–Crippen LogP) is 3.39. The topological polar surface area (TPSA) is 45.2 Å². The van der Waals surface area contributed by atoms with Gasteiger partial charge in [0.25, 0.3) is 0 Å².